The van der Waals surface area contributed by atoms with E-state index >= 15 is 0 Å². The van der Waals surface area contributed by atoms with Crippen LogP contribution in [0.4, 0.5) is 11.4 Å². The largest absolute Gasteiger partial charge is 0.355 e. The van der Waals surface area contributed by atoms with Crippen LogP contribution < -0.4 is 22.1 Å². The van der Waals surface area contributed by atoms with Gasteiger partial charge in [0.2, 0.25) is 0 Å². The molecule has 0 fully saturated rings. The lowest BCUT2D eigenvalue weighted by Crippen LogP contribution is -2.39. The second-order valence-electron chi connectivity index (χ2n) is 5.35. The van der Waals surface area contributed by atoms with Gasteiger partial charge in [-0.15, -0.1) is 0 Å². The highest BCUT2D eigenvalue weighted by Gasteiger charge is 2.16. The Labute approximate surface area is 131 Å². The number of nitrogens with one attached hydrogen (secondary N) is 1. The molecule has 23 heavy (non-hydrogen) atoms. The van der Waals surface area contributed by atoms with E-state index in [1.54, 1.807) is 0 Å². The van der Waals surface area contributed by atoms with Crippen molar-refractivity contribution in [2.75, 3.05) is 5.32 Å². The van der Waals surface area contributed by atoms with Crippen LogP contribution in [0.15, 0.2) is 50.8 Å². The number of aromatic nitrogens is 3. The molecule has 3 aromatic rings. The van der Waals surface area contributed by atoms with Gasteiger partial charge >= 0.3 is 5.69 Å². The van der Waals surface area contributed by atoms with Gasteiger partial charge in [-0.25, -0.2) is 4.79 Å². The minimum absolute atomic E-state index is 0.282. The number of para-hydroxylation sites is 1. The molecule has 0 saturated heterocycles. The molecule has 3 rings (SSSR count). The predicted molar refractivity (Wildman–Crippen MR) is 89.4 cm³/mol. The van der Waals surface area contributed by atoms with Gasteiger partial charge in [-0.2, -0.15) is 0 Å². The maximum absolute atomic E-state index is 12.6. The van der Waals surface area contributed by atoms with E-state index in [0.29, 0.717) is 11.1 Å². The lowest BCUT2D eigenvalue weighted by molar-refractivity contribution is 0.689. The number of anilines is 2. The smallest absolute Gasteiger partial charge is 0.332 e. The first-order valence-electron chi connectivity index (χ1n) is 7.03. The van der Waals surface area contributed by atoms with Crippen LogP contribution in [0.5, 0.6) is 0 Å². The Morgan fingerprint density at radius 1 is 0.870 bits per heavy atom. The van der Waals surface area contributed by atoms with Crippen LogP contribution in [0.1, 0.15) is 0 Å². The molecule has 0 saturated carbocycles. The zero-order valence-electron chi connectivity index (χ0n) is 13.0. The first-order valence-corrected chi connectivity index (χ1v) is 7.03. The zero-order valence-corrected chi connectivity index (χ0v) is 13.0. The number of hydrogen-bond acceptors (Lipinski definition) is 4. The van der Waals surface area contributed by atoms with Gasteiger partial charge in [0, 0.05) is 32.9 Å². The summed E-state index contributed by atoms with van der Waals surface area (Å²) in [5.74, 6) is 0. The third kappa shape index (κ3) is 2.26. The van der Waals surface area contributed by atoms with Crippen LogP contribution in [0.2, 0.25) is 0 Å². The summed E-state index contributed by atoms with van der Waals surface area (Å²) >= 11 is 0. The van der Waals surface area contributed by atoms with E-state index in [4.69, 9.17) is 0 Å². The monoisotopic (exact) mass is 312 g/mol. The molecule has 0 aliphatic carbocycles. The summed E-state index contributed by atoms with van der Waals surface area (Å²) in [6.45, 7) is 0. The molecule has 2 aromatic heterocycles. The fraction of sp³-hybridized carbons (Fsp3) is 0.188. The standard InChI is InChI=1S/C16H16N4O3/c1-18-12(21)9-11(17-10-7-5-4-6-8-10)13-14(18)19(2)16(23)20(3)15(13)22/h4-9,17H,1-3H3. The summed E-state index contributed by atoms with van der Waals surface area (Å²) in [6, 6.07) is 10.6. The number of rotatable bonds is 2. The maximum Gasteiger partial charge on any atom is 0.332 e. The summed E-state index contributed by atoms with van der Waals surface area (Å²) in [7, 11) is 4.49. The number of fused-ring (bicyclic) bond motifs is 1. The summed E-state index contributed by atoms with van der Waals surface area (Å²) in [5, 5.41) is 3.38. The first-order chi connectivity index (χ1) is 10.9. The van der Waals surface area contributed by atoms with Crippen molar-refractivity contribution in [3.63, 3.8) is 0 Å². The predicted octanol–water partition coefficient (Wildman–Crippen LogP) is 0.679. The normalized spacial score (nSPS) is 10.9. The maximum atomic E-state index is 12.6. The van der Waals surface area contributed by atoms with Gasteiger partial charge in [-0.3, -0.25) is 23.3 Å². The summed E-state index contributed by atoms with van der Waals surface area (Å²) in [6.07, 6.45) is 0. The zero-order chi connectivity index (χ0) is 16.7. The number of pyridine rings is 1. The van der Waals surface area contributed by atoms with E-state index in [1.807, 2.05) is 30.3 Å². The molecule has 0 aliphatic rings. The molecule has 0 amide bonds. The number of aryl methyl sites for hydroxylation is 2. The Morgan fingerprint density at radius 2 is 1.52 bits per heavy atom. The van der Waals surface area contributed by atoms with Crippen molar-refractivity contribution >= 4 is 22.4 Å². The Hall–Kier alpha value is -3.09. The van der Waals surface area contributed by atoms with Gasteiger partial charge in [0.05, 0.1) is 5.69 Å². The molecule has 118 valence electrons. The van der Waals surface area contributed by atoms with Gasteiger partial charge in [0.1, 0.15) is 11.0 Å². The third-order valence-electron chi connectivity index (χ3n) is 3.87. The van der Waals surface area contributed by atoms with E-state index in [0.717, 1.165) is 10.3 Å². The Morgan fingerprint density at radius 3 is 2.17 bits per heavy atom. The lowest BCUT2D eigenvalue weighted by atomic mass is 10.2. The van der Waals surface area contributed by atoms with Crippen molar-refractivity contribution in [1.82, 2.24) is 13.7 Å². The molecule has 0 spiro atoms. The van der Waals surface area contributed by atoms with E-state index in [1.165, 1.54) is 36.3 Å². The Bertz CT molecular complexity index is 1070. The summed E-state index contributed by atoms with van der Waals surface area (Å²) in [5.41, 5.74) is 0.179. The molecule has 0 bridgehead atoms. The van der Waals surface area contributed by atoms with E-state index in [-0.39, 0.29) is 11.2 Å². The van der Waals surface area contributed by atoms with Gasteiger partial charge < -0.3 is 5.32 Å². The SMILES string of the molecule is Cn1c(=O)c2c(Nc3ccccc3)cc(=O)n(C)c2n(C)c1=O. The van der Waals surface area contributed by atoms with Crippen molar-refractivity contribution in [1.29, 1.82) is 0 Å². The van der Waals surface area contributed by atoms with Gasteiger partial charge in [0.25, 0.3) is 11.1 Å². The summed E-state index contributed by atoms with van der Waals surface area (Å²) in [4.78, 5) is 36.9. The highest BCUT2D eigenvalue weighted by molar-refractivity contribution is 5.90. The van der Waals surface area contributed by atoms with Gasteiger partial charge in [-0.05, 0) is 12.1 Å². The number of benzene rings is 1. The topological polar surface area (TPSA) is 78.0 Å². The average molecular weight is 312 g/mol. The van der Waals surface area contributed by atoms with E-state index in [9.17, 15) is 14.4 Å². The van der Waals surface area contributed by atoms with Crippen LogP contribution in [-0.4, -0.2) is 13.7 Å². The minimum Gasteiger partial charge on any atom is -0.355 e. The molecule has 0 aliphatic heterocycles. The van der Waals surface area contributed by atoms with Crippen LogP contribution in [-0.2, 0) is 21.1 Å². The van der Waals surface area contributed by atoms with Crippen molar-refractivity contribution in [3.05, 3.63) is 67.6 Å². The van der Waals surface area contributed by atoms with Crippen molar-refractivity contribution in [3.8, 4) is 0 Å². The molecule has 7 heteroatoms. The van der Waals surface area contributed by atoms with Crippen molar-refractivity contribution in [2.45, 2.75) is 0 Å². The number of hydrogen-bond donors (Lipinski definition) is 1. The molecule has 0 atom stereocenters. The highest BCUT2D eigenvalue weighted by Crippen LogP contribution is 2.20. The van der Waals surface area contributed by atoms with E-state index in [2.05, 4.69) is 5.32 Å². The molecular formula is C16H16N4O3. The number of nitrogens with zero attached hydrogens (tertiary/aromatic N) is 3. The Kier molecular flexibility index (Phi) is 3.40. The molecule has 7 nitrogen and oxygen atoms in total. The molecule has 0 radical (unpaired) electrons. The molecule has 1 aromatic carbocycles. The van der Waals surface area contributed by atoms with Gasteiger partial charge in [0.15, 0.2) is 0 Å². The fourth-order valence-corrected chi connectivity index (χ4v) is 2.63. The van der Waals surface area contributed by atoms with E-state index < -0.39 is 11.2 Å². The van der Waals surface area contributed by atoms with Crippen LogP contribution in [0, 0.1) is 0 Å². The van der Waals surface area contributed by atoms with Crippen molar-refractivity contribution in [2.24, 2.45) is 21.1 Å². The second-order valence-corrected chi connectivity index (χ2v) is 5.35. The molecule has 1 N–H and O–H groups in total. The quantitative estimate of drug-likeness (QED) is 0.755. The third-order valence-corrected chi connectivity index (χ3v) is 3.87. The lowest BCUT2D eigenvalue weighted by Gasteiger charge is -2.15. The minimum atomic E-state index is -0.477. The highest BCUT2D eigenvalue weighted by atomic mass is 16.2. The van der Waals surface area contributed by atoms with Gasteiger partial charge in [-0.1, -0.05) is 18.2 Å². The molecule has 0 unspecified atom stereocenters. The Balaban J connectivity index is 2.44. The average Bonchev–Trinajstić information content (AvgIpc) is 2.55. The van der Waals surface area contributed by atoms with Crippen LogP contribution >= 0.6 is 0 Å². The first kappa shape index (κ1) is 14.8. The summed E-state index contributed by atoms with van der Waals surface area (Å²) < 4.78 is 3.63. The molecular weight excluding hydrogens is 296 g/mol. The second kappa shape index (κ2) is 5.28. The fourth-order valence-electron chi connectivity index (χ4n) is 2.63. The molecule has 2 heterocycles. The van der Waals surface area contributed by atoms with Crippen molar-refractivity contribution < 1.29 is 0 Å². The van der Waals surface area contributed by atoms with Crippen LogP contribution in [0.3, 0.4) is 0 Å². The van der Waals surface area contributed by atoms with Crippen LogP contribution in [0.25, 0.3) is 11.0 Å².